The molecule has 0 aliphatic carbocycles. The summed E-state index contributed by atoms with van der Waals surface area (Å²) in [5, 5.41) is 14.7. The van der Waals surface area contributed by atoms with Crippen LogP contribution in [0.1, 0.15) is 39.1 Å². The molecule has 6 nitrogen and oxygen atoms in total. The number of hydrogen-bond donors (Lipinski definition) is 3. The van der Waals surface area contributed by atoms with Crippen LogP contribution in [-0.2, 0) is 11.2 Å². The lowest BCUT2D eigenvalue weighted by atomic mass is 10.0. The second-order valence-electron chi connectivity index (χ2n) is 5.73. The SMILES string of the molecule is O=C1CCCc2cc(C(=O)Nc3ccc(Cl)c(C(=O)O)c3)ccc2N1. The molecule has 3 N–H and O–H groups in total. The van der Waals surface area contributed by atoms with Crippen molar-refractivity contribution < 1.29 is 19.5 Å². The van der Waals surface area contributed by atoms with Crippen LogP contribution < -0.4 is 10.6 Å². The zero-order valence-electron chi connectivity index (χ0n) is 13.1. The van der Waals surface area contributed by atoms with E-state index in [-0.39, 0.29) is 22.4 Å². The Kier molecular flexibility index (Phi) is 4.72. The molecule has 3 rings (SSSR count). The number of amides is 2. The van der Waals surface area contributed by atoms with Gasteiger partial charge in [0.1, 0.15) is 0 Å². The summed E-state index contributed by atoms with van der Waals surface area (Å²) < 4.78 is 0. The fraction of sp³-hybridized carbons (Fsp3) is 0.167. The highest BCUT2D eigenvalue weighted by molar-refractivity contribution is 6.33. The first-order valence-corrected chi connectivity index (χ1v) is 8.09. The molecule has 0 saturated carbocycles. The number of rotatable bonds is 3. The van der Waals surface area contributed by atoms with Crippen LogP contribution in [0.3, 0.4) is 0 Å². The molecule has 2 aromatic rings. The normalized spacial score (nSPS) is 13.4. The van der Waals surface area contributed by atoms with Gasteiger partial charge < -0.3 is 15.7 Å². The third-order valence-electron chi connectivity index (χ3n) is 3.95. The van der Waals surface area contributed by atoms with Crippen molar-refractivity contribution in [1.29, 1.82) is 0 Å². The smallest absolute Gasteiger partial charge is 0.337 e. The Morgan fingerprint density at radius 3 is 2.68 bits per heavy atom. The van der Waals surface area contributed by atoms with Crippen molar-refractivity contribution in [3.63, 3.8) is 0 Å². The standard InChI is InChI=1S/C18H15ClN2O4/c19-14-6-5-12(9-13(14)18(24)25)20-17(23)11-4-7-15-10(8-11)2-1-3-16(22)21-15/h4-9H,1-3H2,(H,20,23)(H,21,22)(H,24,25). The molecule has 1 heterocycles. The molecular formula is C18H15ClN2O4. The molecule has 0 unspecified atom stereocenters. The van der Waals surface area contributed by atoms with Crippen LogP contribution in [0.4, 0.5) is 11.4 Å². The Hall–Kier alpha value is -2.86. The average molecular weight is 359 g/mol. The van der Waals surface area contributed by atoms with Crippen molar-refractivity contribution >= 4 is 40.8 Å². The van der Waals surface area contributed by atoms with Gasteiger partial charge in [0.25, 0.3) is 5.91 Å². The van der Waals surface area contributed by atoms with E-state index in [1.54, 1.807) is 18.2 Å². The predicted octanol–water partition coefficient (Wildman–Crippen LogP) is 3.57. The van der Waals surface area contributed by atoms with Gasteiger partial charge in [0.05, 0.1) is 10.6 Å². The zero-order chi connectivity index (χ0) is 18.0. The summed E-state index contributed by atoms with van der Waals surface area (Å²) in [5.74, 6) is -1.56. The lowest BCUT2D eigenvalue weighted by Crippen LogP contribution is -2.14. The number of carboxylic acids is 1. The van der Waals surface area contributed by atoms with Gasteiger partial charge in [-0.3, -0.25) is 9.59 Å². The van der Waals surface area contributed by atoms with Gasteiger partial charge in [-0.15, -0.1) is 0 Å². The van der Waals surface area contributed by atoms with Gasteiger partial charge in [-0.1, -0.05) is 11.6 Å². The van der Waals surface area contributed by atoms with Crippen molar-refractivity contribution in [1.82, 2.24) is 0 Å². The maximum Gasteiger partial charge on any atom is 0.337 e. The van der Waals surface area contributed by atoms with E-state index in [0.717, 1.165) is 17.7 Å². The second-order valence-corrected chi connectivity index (χ2v) is 6.13. The largest absolute Gasteiger partial charge is 0.478 e. The molecule has 1 aliphatic rings. The summed E-state index contributed by atoms with van der Waals surface area (Å²) in [4.78, 5) is 35.1. The topological polar surface area (TPSA) is 95.5 Å². The van der Waals surface area contributed by atoms with Crippen LogP contribution in [0.2, 0.25) is 5.02 Å². The minimum absolute atomic E-state index is 0.0293. The van der Waals surface area contributed by atoms with E-state index >= 15 is 0 Å². The predicted molar refractivity (Wildman–Crippen MR) is 94.4 cm³/mol. The number of carboxylic acid groups (broad SMARTS) is 1. The van der Waals surface area contributed by atoms with Crippen molar-refractivity contribution in [2.45, 2.75) is 19.3 Å². The lowest BCUT2D eigenvalue weighted by Gasteiger charge is -2.10. The summed E-state index contributed by atoms with van der Waals surface area (Å²) in [6.45, 7) is 0. The number of anilines is 2. The third kappa shape index (κ3) is 3.80. The average Bonchev–Trinajstić information content (AvgIpc) is 2.76. The van der Waals surface area contributed by atoms with Crippen LogP contribution in [0.15, 0.2) is 36.4 Å². The van der Waals surface area contributed by atoms with Gasteiger partial charge in [-0.05, 0) is 54.8 Å². The molecule has 2 aromatic carbocycles. The van der Waals surface area contributed by atoms with Crippen molar-refractivity contribution in [3.05, 3.63) is 58.1 Å². The molecule has 128 valence electrons. The molecule has 0 atom stereocenters. The number of aromatic carboxylic acids is 1. The van der Waals surface area contributed by atoms with Crippen LogP contribution in [-0.4, -0.2) is 22.9 Å². The number of halogens is 1. The van der Waals surface area contributed by atoms with Gasteiger partial charge in [0, 0.05) is 23.4 Å². The van der Waals surface area contributed by atoms with Crippen LogP contribution in [0.25, 0.3) is 0 Å². The van der Waals surface area contributed by atoms with Gasteiger partial charge in [-0.25, -0.2) is 4.79 Å². The molecule has 7 heteroatoms. The number of carbonyl (C=O) groups is 3. The molecule has 0 aromatic heterocycles. The minimum atomic E-state index is -1.16. The Balaban J connectivity index is 1.82. The van der Waals surface area contributed by atoms with Crippen molar-refractivity contribution in [2.75, 3.05) is 10.6 Å². The maximum absolute atomic E-state index is 12.4. The quantitative estimate of drug-likeness (QED) is 0.781. The lowest BCUT2D eigenvalue weighted by molar-refractivity contribution is -0.116. The number of hydrogen-bond acceptors (Lipinski definition) is 3. The maximum atomic E-state index is 12.4. The number of aryl methyl sites for hydroxylation is 1. The summed E-state index contributed by atoms with van der Waals surface area (Å²) in [6.07, 6.45) is 1.89. The van der Waals surface area contributed by atoms with Crippen molar-refractivity contribution in [3.8, 4) is 0 Å². The van der Waals surface area contributed by atoms with Gasteiger partial charge in [0.2, 0.25) is 5.91 Å². The summed E-state index contributed by atoms with van der Waals surface area (Å²) in [6, 6.07) is 9.34. The van der Waals surface area contributed by atoms with E-state index in [2.05, 4.69) is 10.6 Å². The molecule has 0 radical (unpaired) electrons. The molecular weight excluding hydrogens is 344 g/mol. The molecule has 1 aliphatic heterocycles. The first kappa shape index (κ1) is 17.0. The van der Waals surface area contributed by atoms with Crippen LogP contribution in [0, 0.1) is 0 Å². The Labute approximate surface area is 148 Å². The van der Waals surface area contributed by atoms with E-state index < -0.39 is 5.97 Å². The highest BCUT2D eigenvalue weighted by Crippen LogP contribution is 2.25. The Morgan fingerprint density at radius 2 is 1.92 bits per heavy atom. The molecule has 0 spiro atoms. The molecule has 25 heavy (non-hydrogen) atoms. The summed E-state index contributed by atoms with van der Waals surface area (Å²) >= 11 is 5.82. The van der Waals surface area contributed by atoms with Gasteiger partial charge in [-0.2, -0.15) is 0 Å². The van der Waals surface area contributed by atoms with Crippen LogP contribution in [0.5, 0.6) is 0 Å². The molecule has 0 bridgehead atoms. The van der Waals surface area contributed by atoms with Crippen molar-refractivity contribution in [2.24, 2.45) is 0 Å². The number of benzene rings is 2. The Bertz CT molecular complexity index is 879. The van der Waals surface area contributed by atoms with E-state index in [1.807, 2.05) is 0 Å². The fourth-order valence-corrected chi connectivity index (χ4v) is 2.88. The first-order valence-electron chi connectivity index (χ1n) is 7.71. The highest BCUT2D eigenvalue weighted by Gasteiger charge is 2.16. The molecule has 0 saturated heterocycles. The summed E-state index contributed by atoms with van der Waals surface area (Å²) in [7, 11) is 0. The molecule has 2 amide bonds. The van der Waals surface area contributed by atoms with Gasteiger partial charge >= 0.3 is 5.97 Å². The minimum Gasteiger partial charge on any atom is -0.478 e. The van der Waals surface area contributed by atoms with Gasteiger partial charge in [0.15, 0.2) is 0 Å². The number of nitrogens with one attached hydrogen (secondary N) is 2. The fourth-order valence-electron chi connectivity index (χ4n) is 2.69. The monoisotopic (exact) mass is 358 g/mol. The first-order chi connectivity index (χ1) is 11.9. The second kappa shape index (κ2) is 6.94. The number of carbonyl (C=O) groups excluding carboxylic acids is 2. The molecule has 0 fully saturated rings. The van der Waals surface area contributed by atoms with Crippen LogP contribution >= 0.6 is 11.6 Å². The third-order valence-corrected chi connectivity index (χ3v) is 4.28. The Morgan fingerprint density at radius 1 is 1.12 bits per heavy atom. The highest BCUT2D eigenvalue weighted by atomic mass is 35.5. The summed E-state index contributed by atoms with van der Waals surface area (Å²) in [5.41, 5.74) is 2.32. The zero-order valence-corrected chi connectivity index (χ0v) is 13.9. The van der Waals surface area contributed by atoms with E-state index in [0.29, 0.717) is 24.1 Å². The van der Waals surface area contributed by atoms with E-state index in [9.17, 15) is 14.4 Å². The van der Waals surface area contributed by atoms with E-state index in [1.165, 1.54) is 18.2 Å². The van der Waals surface area contributed by atoms with E-state index in [4.69, 9.17) is 16.7 Å². The number of fused-ring (bicyclic) bond motifs is 1.